The Morgan fingerprint density at radius 1 is 1.50 bits per heavy atom. The molecule has 1 saturated heterocycles. The second-order valence-electron chi connectivity index (χ2n) is 5.64. The van der Waals surface area contributed by atoms with Crippen LogP contribution in [0.15, 0.2) is 18.2 Å². The summed E-state index contributed by atoms with van der Waals surface area (Å²) in [6, 6.07) is 5.30. The van der Waals surface area contributed by atoms with Crippen LogP contribution in [-0.4, -0.2) is 54.3 Å². The Balaban J connectivity index is 2.34. The number of hydrogen-bond acceptors (Lipinski definition) is 5. The predicted octanol–water partition coefficient (Wildman–Crippen LogP) is 1.40. The summed E-state index contributed by atoms with van der Waals surface area (Å²) in [5, 5.41) is 21.0. The highest BCUT2D eigenvalue weighted by molar-refractivity contribution is 5.62. The fourth-order valence-corrected chi connectivity index (χ4v) is 2.90. The minimum absolute atomic E-state index is 0.132. The van der Waals surface area contributed by atoms with Crippen molar-refractivity contribution in [3.8, 4) is 0 Å². The van der Waals surface area contributed by atoms with E-state index in [0.717, 1.165) is 12.2 Å². The summed E-state index contributed by atoms with van der Waals surface area (Å²) in [6.45, 7) is 3.12. The van der Waals surface area contributed by atoms with E-state index in [-0.39, 0.29) is 22.8 Å². The Morgan fingerprint density at radius 2 is 2.20 bits per heavy atom. The summed E-state index contributed by atoms with van der Waals surface area (Å²) in [5.41, 5.74) is 1.64. The third-order valence-corrected chi connectivity index (χ3v) is 3.75. The van der Waals surface area contributed by atoms with Crippen LogP contribution in [0.2, 0.25) is 0 Å². The Hall–Kier alpha value is -1.66. The number of rotatable bonds is 4. The first kappa shape index (κ1) is 14.7. The summed E-state index contributed by atoms with van der Waals surface area (Å²) in [5.74, 6) is 0. The molecule has 1 aromatic rings. The van der Waals surface area contributed by atoms with E-state index in [4.69, 9.17) is 0 Å². The summed E-state index contributed by atoms with van der Waals surface area (Å²) in [7, 11) is 3.98. The van der Waals surface area contributed by atoms with Crippen LogP contribution in [0.1, 0.15) is 12.0 Å². The quantitative estimate of drug-likeness (QED) is 0.666. The van der Waals surface area contributed by atoms with Gasteiger partial charge in [-0.25, -0.2) is 0 Å². The van der Waals surface area contributed by atoms with E-state index >= 15 is 0 Å². The number of aliphatic hydroxyl groups excluding tert-OH is 1. The van der Waals surface area contributed by atoms with Crippen LogP contribution in [0.25, 0.3) is 0 Å². The van der Waals surface area contributed by atoms with E-state index in [9.17, 15) is 15.2 Å². The first-order chi connectivity index (χ1) is 9.40. The third kappa shape index (κ3) is 2.91. The highest BCUT2D eigenvalue weighted by Crippen LogP contribution is 2.33. The van der Waals surface area contributed by atoms with Crippen LogP contribution in [0, 0.1) is 17.0 Å². The summed E-state index contributed by atoms with van der Waals surface area (Å²) in [4.78, 5) is 14.8. The van der Waals surface area contributed by atoms with Gasteiger partial charge < -0.3 is 14.9 Å². The number of aliphatic hydroxyl groups is 1. The Morgan fingerprint density at radius 3 is 2.80 bits per heavy atom. The molecule has 0 bridgehead atoms. The molecule has 110 valence electrons. The van der Waals surface area contributed by atoms with Crippen molar-refractivity contribution in [2.45, 2.75) is 25.5 Å². The lowest BCUT2D eigenvalue weighted by Crippen LogP contribution is -2.38. The molecule has 0 saturated carbocycles. The van der Waals surface area contributed by atoms with Crippen molar-refractivity contribution in [3.05, 3.63) is 33.9 Å². The summed E-state index contributed by atoms with van der Waals surface area (Å²) < 4.78 is 0. The van der Waals surface area contributed by atoms with Gasteiger partial charge in [0.15, 0.2) is 0 Å². The van der Waals surface area contributed by atoms with Gasteiger partial charge in [0.25, 0.3) is 5.69 Å². The molecule has 0 spiro atoms. The van der Waals surface area contributed by atoms with E-state index in [1.165, 1.54) is 6.07 Å². The van der Waals surface area contributed by atoms with Crippen molar-refractivity contribution < 1.29 is 10.0 Å². The monoisotopic (exact) mass is 279 g/mol. The van der Waals surface area contributed by atoms with E-state index < -0.39 is 0 Å². The molecule has 0 aromatic heterocycles. The Labute approximate surface area is 118 Å². The lowest BCUT2D eigenvalue weighted by molar-refractivity contribution is -0.385. The maximum absolute atomic E-state index is 11.0. The number of β-amino-alcohol motifs (C(OH)–C–C–N with tert-alkyl or cyclic N) is 1. The molecule has 0 aliphatic carbocycles. The lowest BCUT2D eigenvalue weighted by Gasteiger charge is -2.29. The van der Waals surface area contributed by atoms with Gasteiger partial charge in [0.1, 0.15) is 0 Å². The second-order valence-corrected chi connectivity index (χ2v) is 5.64. The van der Waals surface area contributed by atoms with Gasteiger partial charge >= 0.3 is 0 Å². The largest absolute Gasteiger partial charge is 0.391 e. The molecule has 2 atom stereocenters. The normalized spacial score (nSPS) is 22.6. The molecule has 1 aliphatic heterocycles. The lowest BCUT2D eigenvalue weighted by atomic mass is 10.1. The number of benzene rings is 1. The van der Waals surface area contributed by atoms with E-state index in [2.05, 4.69) is 9.80 Å². The van der Waals surface area contributed by atoms with Gasteiger partial charge in [0.2, 0.25) is 0 Å². The first-order valence-electron chi connectivity index (χ1n) is 6.73. The molecule has 1 aliphatic rings. The van der Waals surface area contributed by atoms with E-state index in [1.807, 2.05) is 20.2 Å². The van der Waals surface area contributed by atoms with Crippen molar-refractivity contribution in [3.63, 3.8) is 0 Å². The van der Waals surface area contributed by atoms with Crippen molar-refractivity contribution in [1.29, 1.82) is 0 Å². The molecule has 2 unspecified atom stereocenters. The molecule has 2 rings (SSSR count). The predicted molar refractivity (Wildman–Crippen MR) is 78.1 cm³/mol. The van der Waals surface area contributed by atoms with Gasteiger partial charge in [-0.15, -0.1) is 0 Å². The van der Waals surface area contributed by atoms with Crippen LogP contribution < -0.4 is 4.90 Å². The van der Waals surface area contributed by atoms with Crippen LogP contribution in [0.4, 0.5) is 11.4 Å². The number of nitro groups is 1. The van der Waals surface area contributed by atoms with Crippen molar-refractivity contribution in [2.24, 2.45) is 0 Å². The minimum Gasteiger partial charge on any atom is -0.391 e. The molecule has 0 amide bonds. The summed E-state index contributed by atoms with van der Waals surface area (Å²) in [6.07, 6.45) is 0.318. The van der Waals surface area contributed by atoms with E-state index in [0.29, 0.717) is 18.5 Å². The van der Waals surface area contributed by atoms with Gasteiger partial charge in [0.05, 0.1) is 16.6 Å². The molecule has 1 N–H and O–H groups in total. The maximum Gasteiger partial charge on any atom is 0.274 e. The molecular formula is C14H21N3O3. The van der Waals surface area contributed by atoms with Crippen molar-refractivity contribution in [1.82, 2.24) is 4.90 Å². The number of hydrogen-bond donors (Lipinski definition) is 1. The fourth-order valence-electron chi connectivity index (χ4n) is 2.90. The zero-order valence-electron chi connectivity index (χ0n) is 12.1. The molecule has 6 nitrogen and oxygen atoms in total. The zero-order valence-corrected chi connectivity index (χ0v) is 12.1. The van der Waals surface area contributed by atoms with Gasteiger partial charge in [-0.05, 0) is 33.5 Å². The van der Waals surface area contributed by atoms with Crippen molar-refractivity contribution >= 4 is 11.4 Å². The summed E-state index contributed by atoms with van der Waals surface area (Å²) >= 11 is 0. The highest BCUT2D eigenvalue weighted by atomic mass is 16.6. The fraction of sp³-hybridized carbons (Fsp3) is 0.571. The highest BCUT2D eigenvalue weighted by Gasteiger charge is 2.33. The minimum atomic E-state index is -0.376. The Bertz CT molecular complexity index is 504. The number of nitrogens with zero attached hydrogens (tertiary/aromatic N) is 3. The van der Waals surface area contributed by atoms with Crippen LogP contribution in [-0.2, 0) is 0 Å². The molecule has 0 radical (unpaired) electrons. The molecule has 20 heavy (non-hydrogen) atoms. The third-order valence-electron chi connectivity index (χ3n) is 3.75. The topological polar surface area (TPSA) is 69.8 Å². The van der Waals surface area contributed by atoms with Crippen LogP contribution in [0.5, 0.6) is 0 Å². The smallest absolute Gasteiger partial charge is 0.274 e. The Kier molecular flexibility index (Phi) is 4.25. The van der Waals surface area contributed by atoms with Gasteiger partial charge in [-0.1, -0.05) is 6.07 Å². The van der Waals surface area contributed by atoms with E-state index in [1.54, 1.807) is 13.0 Å². The van der Waals surface area contributed by atoms with Gasteiger partial charge in [-0.3, -0.25) is 10.1 Å². The number of anilines is 1. The van der Waals surface area contributed by atoms with Crippen LogP contribution >= 0.6 is 0 Å². The first-order valence-corrected chi connectivity index (χ1v) is 6.73. The molecule has 1 heterocycles. The molecule has 6 heteroatoms. The maximum atomic E-state index is 11.0. The SMILES string of the molecule is Cc1c(N2CC(O)CC2CN(C)C)cccc1[N+](=O)[O-]. The molecule has 1 fully saturated rings. The molecular weight excluding hydrogens is 258 g/mol. The van der Waals surface area contributed by atoms with Crippen molar-refractivity contribution in [2.75, 3.05) is 32.1 Å². The molecule has 1 aromatic carbocycles. The average Bonchev–Trinajstić information content (AvgIpc) is 2.69. The zero-order chi connectivity index (χ0) is 14.9. The average molecular weight is 279 g/mol. The number of likely N-dealkylation sites (N-methyl/N-ethyl adjacent to an activating group) is 1. The standard InChI is InChI=1S/C14H21N3O3/c1-10-13(5-4-6-14(10)17(19)20)16-9-12(18)7-11(16)8-15(2)3/h4-6,11-12,18H,7-9H2,1-3H3. The number of nitro benzene ring substituents is 1. The van der Waals surface area contributed by atoms with Gasteiger partial charge in [0, 0.05) is 30.9 Å². The van der Waals surface area contributed by atoms with Crippen LogP contribution in [0.3, 0.4) is 0 Å². The van der Waals surface area contributed by atoms with Gasteiger partial charge in [-0.2, -0.15) is 0 Å². The second kappa shape index (κ2) is 5.76.